The van der Waals surface area contributed by atoms with Crippen LogP contribution >= 0.6 is 0 Å². The second kappa shape index (κ2) is 7.99. The highest BCUT2D eigenvalue weighted by atomic mass is 16.2. The van der Waals surface area contributed by atoms with Crippen molar-refractivity contribution in [3.05, 3.63) is 0 Å². The number of likely N-dealkylation sites (tertiary alicyclic amines) is 1. The van der Waals surface area contributed by atoms with Gasteiger partial charge >= 0.3 is 0 Å². The molecule has 0 aromatic carbocycles. The summed E-state index contributed by atoms with van der Waals surface area (Å²) in [4.78, 5) is 16.8. The fourth-order valence-electron chi connectivity index (χ4n) is 3.65. The molecule has 1 saturated heterocycles. The Kier molecular flexibility index (Phi) is 6.30. The summed E-state index contributed by atoms with van der Waals surface area (Å²) in [5.74, 6) is 0.308. The first-order valence-corrected chi connectivity index (χ1v) is 8.42. The van der Waals surface area contributed by atoms with Gasteiger partial charge in [0.25, 0.3) is 0 Å². The summed E-state index contributed by atoms with van der Waals surface area (Å²) in [5, 5.41) is 0. The summed E-state index contributed by atoms with van der Waals surface area (Å²) in [7, 11) is 2.16. The Balaban J connectivity index is 1.84. The lowest BCUT2D eigenvalue weighted by atomic mass is 9.93. The number of likely N-dealkylation sites (N-methyl/N-ethyl adjacent to an activating group) is 1. The van der Waals surface area contributed by atoms with Crippen LogP contribution in [-0.4, -0.2) is 54.5 Å². The SMILES string of the molecule is CN(C1CCCCC1)C(CN)CC(=O)N1CCCCC1. The third-order valence-corrected chi connectivity index (χ3v) is 5.12. The van der Waals surface area contributed by atoms with Gasteiger partial charge in [0.15, 0.2) is 0 Å². The lowest BCUT2D eigenvalue weighted by molar-refractivity contribution is -0.133. The van der Waals surface area contributed by atoms with Gasteiger partial charge in [0.2, 0.25) is 5.91 Å². The number of nitrogens with zero attached hydrogens (tertiary/aromatic N) is 2. The van der Waals surface area contributed by atoms with Crippen molar-refractivity contribution in [2.75, 3.05) is 26.7 Å². The summed E-state index contributed by atoms with van der Waals surface area (Å²) < 4.78 is 0. The zero-order chi connectivity index (χ0) is 14.4. The molecule has 1 atom stereocenters. The number of hydrogen-bond donors (Lipinski definition) is 1. The molecule has 0 spiro atoms. The fraction of sp³-hybridized carbons (Fsp3) is 0.938. The Morgan fingerprint density at radius 2 is 1.75 bits per heavy atom. The smallest absolute Gasteiger partial charge is 0.224 e. The van der Waals surface area contributed by atoms with Crippen LogP contribution in [0.2, 0.25) is 0 Å². The molecule has 2 rings (SSSR count). The van der Waals surface area contributed by atoms with Crippen molar-refractivity contribution < 1.29 is 4.79 Å². The average Bonchev–Trinajstić information content (AvgIpc) is 2.53. The highest BCUT2D eigenvalue weighted by Crippen LogP contribution is 2.24. The van der Waals surface area contributed by atoms with Crippen LogP contribution < -0.4 is 5.73 Å². The molecule has 116 valence electrons. The lowest BCUT2D eigenvalue weighted by Gasteiger charge is -2.37. The highest BCUT2D eigenvalue weighted by Gasteiger charge is 2.27. The first kappa shape index (κ1) is 15.8. The van der Waals surface area contributed by atoms with Crippen LogP contribution in [0.3, 0.4) is 0 Å². The molecule has 4 heteroatoms. The van der Waals surface area contributed by atoms with Crippen molar-refractivity contribution in [2.45, 2.75) is 69.9 Å². The molecule has 0 radical (unpaired) electrons. The molecule has 2 N–H and O–H groups in total. The maximum atomic E-state index is 12.4. The van der Waals surface area contributed by atoms with Gasteiger partial charge < -0.3 is 10.6 Å². The normalized spacial score (nSPS) is 23.1. The van der Waals surface area contributed by atoms with Gasteiger partial charge in [-0.2, -0.15) is 0 Å². The minimum Gasteiger partial charge on any atom is -0.343 e. The van der Waals surface area contributed by atoms with E-state index in [-0.39, 0.29) is 6.04 Å². The summed E-state index contributed by atoms with van der Waals surface area (Å²) in [6.45, 7) is 2.49. The van der Waals surface area contributed by atoms with Gasteiger partial charge in [0.05, 0.1) is 0 Å². The van der Waals surface area contributed by atoms with Gasteiger partial charge in [-0.25, -0.2) is 0 Å². The van der Waals surface area contributed by atoms with E-state index in [1.807, 2.05) is 4.90 Å². The highest BCUT2D eigenvalue weighted by molar-refractivity contribution is 5.77. The lowest BCUT2D eigenvalue weighted by Crippen LogP contribution is -2.48. The standard InChI is InChI=1S/C16H31N3O/c1-18(14-8-4-2-5-9-14)15(13-17)12-16(20)19-10-6-3-7-11-19/h14-15H,2-13,17H2,1H3. The molecule has 1 heterocycles. The van der Waals surface area contributed by atoms with Crippen LogP contribution in [0.15, 0.2) is 0 Å². The van der Waals surface area contributed by atoms with Crippen LogP contribution in [0.4, 0.5) is 0 Å². The number of nitrogens with two attached hydrogens (primary N) is 1. The monoisotopic (exact) mass is 281 g/mol. The molecule has 2 fully saturated rings. The van der Waals surface area contributed by atoms with Crippen molar-refractivity contribution in [3.8, 4) is 0 Å². The Bertz CT molecular complexity index is 296. The largest absolute Gasteiger partial charge is 0.343 e. The van der Waals surface area contributed by atoms with Crippen LogP contribution in [0, 0.1) is 0 Å². The summed E-state index contributed by atoms with van der Waals surface area (Å²) in [6, 6.07) is 0.846. The molecule has 1 saturated carbocycles. The van der Waals surface area contributed by atoms with Crippen LogP contribution in [0.5, 0.6) is 0 Å². The minimum atomic E-state index is 0.215. The fourth-order valence-corrected chi connectivity index (χ4v) is 3.65. The average molecular weight is 281 g/mol. The van der Waals surface area contributed by atoms with E-state index in [4.69, 9.17) is 5.73 Å². The van der Waals surface area contributed by atoms with Crippen LogP contribution in [0.1, 0.15) is 57.8 Å². The number of rotatable bonds is 5. The topological polar surface area (TPSA) is 49.6 Å². The number of carbonyl (C=O) groups excluding carboxylic acids is 1. The first-order valence-electron chi connectivity index (χ1n) is 8.42. The molecule has 1 aliphatic carbocycles. The van der Waals surface area contributed by atoms with Crippen LogP contribution in [0.25, 0.3) is 0 Å². The maximum Gasteiger partial charge on any atom is 0.224 e. The molecule has 2 aliphatic rings. The van der Waals surface area contributed by atoms with Gasteiger partial charge in [-0.05, 0) is 39.2 Å². The minimum absolute atomic E-state index is 0.215. The van der Waals surface area contributed by atoms with E-state index in [1.54, 1.807) is 0 Å². The zero-order valence-electron chi connectivity index (χ0n) is 13.0. The van der Waals surface area contributed by atoms with Gasteiger partial charge in [0, 0.05) is 38.1 Å². The predicted octanol–water partition coefficient (Wildman–Crippen LogP) is 1.98. The number of hydrogen-bond acceptors (Lipinski definition) is 3. The number of amides is 1. The summed E-state index contributed by atoms with van der Waals surface area (Å²) in [6.07, 6.45) is 10.8. The molecule has 0 aromatic heterocycles. The Morgan fingerprint density at radius 3 is 2.35 bits per heavy atom. The summed E-state index contributed by atoms with van der Waals surface area (Å²) in [5.41, 5.74) is 5.95. The van der Waals surface area contributed by atoms with E-state index in [0.29, 0.717) is 24.9 Å². The van der Waals surface area contributed by atoms with Crippen LogP contribution in [-0.2, 0) is 4.79 Å². The van der Waals surface area contributed by atoms with E-state index in [9.17, 15) is 4.79 Å². The Labute approximate surface area is 123 Å². The second-order valence-electron chi connectivity index (χ2n) is 6.49. The molecular formula is C16H31N3O. The Morgan fingerprint density at radius 1 is 1.15 bits per heavy atom. The van der Waals surface area contributed by atoms with Gasteiger partial charge in [0.1, 0.15) is 0 Å². The Hall–Kier alpha value is -0.610. The third kappa shape index (κ3) is 4.19. The molecule has 0 bridgehead atoms. The third-order valence-electron chi connectivity index (χ3n) is 5.12. The number of piperidine rings is 1. The zero-order valence-corrected chi connectivity index (χ0v) is 13.0. The molecule has 1 unspecified atom stereocenters. The van der Waals surface area contributed by atoms with Crippen molar-refractivity contribution in [1.29, 1.82) is 0 Å². The quantitative estimate of drug-likeness (QED) is 0.838. The summed E-state index contributed by atoms with van der Waals surface area (Å²) >= 11 is 0. The number of carbonyl (C=O) groups is 1. The molecule has 4 nitrogen and oxygen atoms in total. The van der Waals surface area contributed by atoms with Gasteiger partial charge in [-0.15, -0.1) is 0 Å². The first-order chi connectivity index (χ1) is 9.72. The van der Waals surface area contributed by atoms with E-state index in [0.717, 1.165) is 25.9 Å². The van der Waals surface area contributed by atoms with Gasteiger partial charge in [-0.3, -0.25) is 9.69 Å². The van der Waals surface area contributed by atoms with E-state index in [1.165, 1.54) is 38.5 Å². The maximum absolute atomic E-state index is 12.4. The van der Waals surface area contributed by atoms with Crippen molar-refractivity contribution in [3.63, 3.8) is 0 Å². The van der Waals surface area contributed by atoms with Crippen molar-refractivity contribution in [2.24, 2.45) is 5.73 Å². The van der Waals surface area contributed by atoms with E-state index < -0.39 is 0 Å². The van der Waals surface area contributed by atoms with Crippen molar-refractivity contribution >= 4 is 5.91 Å². The van der Waals surface area contributed by atoms with Crippen molar-refractivity contribution in [1.82, 2.24) is 9.80 Å². The molecular weight excluding hydrogens is 250 g/mol. The van der Waals surface area contributed by atoms with E-state index >= 15 is 0 Å². The van der Waals surface area contributed by atoms with Gasteiger partial charge in [-0.1, -0.05) is 19.3 Å². The molecule has 20 heavy (non-hydrogen) atoms. The van der Waals surface area contributed by atoms with E-state index in [2.05, 4.69) is 11.9 Å². The molecule has 1 amide bonds. The second-order valence-corrected chi connectivity index (χ2v) is 6.49. The molecule has 0 aromatic rings. The predicted molar refractivity (Wildman–Crippen MR) is 82.5 cm³/mol. The molecule has 1 aliphatic heterocycles.